The van der Waals surface area contributed by atoms with E-state index in [0.29, 0.717) is 0 Å². The van der Waals surface area contributed by atoms with Crippen LogP contribution in [-0.4, -0.2) is 16.7 Å². The van der Waals surface area contributed by atoms with Crippen LogP contribution in [-0.2, 0) is 10.0 Å². The zero-order valence-corrected chi connectivity index (χ0v) is 8.08. The summed E-state index contributed by atoms with van der Waals surface area (Å²) in [7, 11) is -3.71. The van der Waals surface area contributed by atoms with Crippen molar-refractivity contribution in [2.75, 3.05) is 0 Å². The number of sulfonamides is 1. The molecular formula is C3H2Cl2N2O2S2. The van der Waals surface area contributed by atoms with Gasteiger partial charge in [0.25, 0.3) is 10.0 Å². The maximum Gasteiger partial charge on any atom is 0.281 e. The monoisotopic (exact) mass is 232 g/mol. The van der Waals surface area contributed by atoms with Crippen molar-refractivity contribution >= 4 is 44.9 Å². The molecule has 0 aliphatic rings. The van der Waals surface area contributed by atoms with Crippen molar-refractivity contribution in [2.45, 2.75) is 4.21 Å². The molecule has 0 aromatic carbocycles. The first-order valence-corrected chi connectivity index (χ1v) is 5.30. The molecule has 0 spiro atoms. The summed E-state index contributed by atoms with van der Waals surface area (Å²) in [6.45, 7) is 0. The van der Waals surface area contributed by atoms with Crippen molar-refractivity contribution in [3.63, 3.8) is 0 Å². The molecule has 62 valence electrons. The van der Waals surface area contributed by atoms with Crippen LogP contribution in [0.3, 0.4) is 0 Å². The van der Waals surface area contributed by atoms with Crippen LogP contribution in [0.2, 0.25) is 0 Å². The fraction of sp³-hybridized carbons (Fsp3) is 0. The lowest BCUT2D eigenvalue weighted by molar-refractivity contribution is 0.581. The van der Waals surface area contributed by atoms with Crippen molar-refractivity contribution in [1.29, 1.82) is 0 Å². The van der Waals surface area contributed by atoms with Crippen molar-refractivity contribution < 1.29 is 8.42 Å². The van der Waals surface area contributed by atoms with E-state index in [0.717, 1.165) is 11.3 Å². The molecule has 1 aromatic rings. The molecule has 0 amide bonds. The normalized spacial score (nSPS) is 12.3. The van der Waals surface area contributed by atoms with Gasteiger partial charge in [-0.25, -0.2) is 8.42 Å². The second-order valence-corrected chi connectivity index (χ2v) is 5.65. The molecule has 0 fully saturated rings. The number of nitrogens with zero attached hydrogens (tertiary/aromatic N) is 2. The largest absolute Gasteiger partial charge is 0.281 e. The van der Waals surface area contributed by atoms with Crippen molar-refractivity contribution in [3.05, 3.63) is 11.7 Å². The topological polar surface area (TPSA) is 50.3 Å². The van der Waals surface area contributed by atoms with Gasteiger partial charge in [0.2, 0.25) is 0 Å². The highest BCUT2D eigenvalue weighted by atomic mass is 35.5. The Balaban J connectivity index is 3.12. The average molecular weight is 233 g/mol. The van der Waals surface area contributed by atoms with Gasteiger partial charge in [-0.05, 0) is 3.34 Å². The third-order valence-electron chi connectivity index (χ3n) is 0.846. The summed E-state index contributed by atoms with van der Waals surface area (Å²) in [5.74, 6) is 0. The van der Waals surface area contributed by atoms with Crippen LogP contribution in [0.1, 0.15) is 0 Å². The molecule has 0 atom stereocenters. The van der Waals surface area contributed by atoms with Gasteiger partial charge in [0.15, 0.2) is 4.21 Å². The number of halogens is 2. The third kappa shape index (κ3) is 1.83. The smallest absolute Gasteiger partial charge is 0.252 e. The lowest BCUT2D eigenvalue weighted by atomic mass is 11.0. The SMILES string of the molecule is O=S(=O)(c1cncs1)N(Cl)Cl. The Morgan fingerprint density at radius 2 is 2.18 bits per heavy atom. The molecule has 0 aliphatic carbocycles. The number of aromatic nitrogens is 1. The van der Waals surface area contributed by atoms with Gasteiger partial charge in [0.1, 0.15) is 0 Å². The highest BCUT2D eigenvalue weighted by molar-refractivity contribution is 7.92. The van der Waals surface area contributed by atoms with E-state index in [1.165, 1.54) is 11.7 Å². The first-order valence-electron chi connectivity index (χ1n) is 2.30. The summed E-state index contributed by atoms with van der Waals surface area (Å²) in [6, 6.07) is 0. The van der Waals surface area contributed by atoms with E-state index in [4.69, 9.17) is 23.6 Å². The van der Waals surface area contributed by atoms with Crippen molar-refractivity contribution in [1.82, 2.24) is 8.33 Å². The summed E-state index contributed by atoms with van der Waals surface area (Å²) in [5, 5.41) is 0. The van der Waals surface area contributed by atoms with Crippen LogP contribution in [0.25, 0.3) is 0 Å². The van der Waals surface area contributed by atoms with Crippen LogP contribution in [0, 0.1) is 0 Å². The minimum Gasteiger partial charge on any atom is -0.252 e. The summed E-state index contributed by atoms with van der Waals surface area (Å²) in [4.78, 5) is 3.57. The van der Waals surface area contributed by atoms with Crippen LogP contribution >= 0.6 is 34.9 Å². The highest BCUT2D eigenvalue weighted by Crippen LogP contribution is 2.22. The maximum atomic E-state index is 11.0. The van der Waals surface area contributed by atoms with E-state index < -0.39 is 10.0 Å². The van der Waals surface area contributed by atoms with Gasteiger partial charge in [-0.2, -0.15) is 0 Å². The molecular weight excluding hydrogens is 231 g/mol. The van der Waals surface area contributed by atoms with E-state index >= 15 is 0 Å². The van der Waals surface area contributed by atoms with E-state index in [1.54, 1.807) is 0 Å². The Morgan fingerprint density at radius 3 is 2.55 bits per heavy atom. The van der Waals surface area contributed by atoms with Crippen molar-refractivity contribution in [3.8, 4) is 0 Å². The predicted molar refractivity (Wildman–Crippen MR) is 42.8 cm³/mol. The third-order valence-corrected chi connectivity index (χ3v) is 4.40. The van der Waals surface area contributed by atoms with E-state index in [2.05, 4.69) is 4.98 Å². The zero-order chi connectivity index (χ0) is 8.48. The van der Waals surface area contributed by atoms with Gasteiger partial charge in [-0.1, -0.05) is 0 Å². The Labute approximate surface area is 77.6 Å². The van der Waals surface area contributed by atoms with Gasteiger partial charge < -0.3 is 0 Å². The first kappa shape index (κ1) is 9.21. The maximum absolute atomic E-state index is 11.0. The second kappa shape index (κ2) is 3.24. The van der Waals surface area contributed by atoms with Crippen molar-refractivity contribution in [2.24, 2.45) is 0 Å². The van der Waals surface area contributed by atoms with Crippen LogP contribution in [0.5, 0.6) is 0 Å². The number of thiazole rings is 1. The first-order chi connectivity index (χ1) is 5.05. The minimum atomic E-state index is -3.71. The zero-order valence-electron chi connectivity index (χ0n) is 4.94. The summed E-state index contributed by atoms with van der Waals surface area (Å²) >= 11 is 11.0. The number of rotatable bonds is 2. The molecule has 11 heavy (non-hydrogen) atoms. The van der Waals surface area contributed by atoms with Gasteiger partial charge in [-0.3, -0.25) is 4.98 Å². The highest BCUT2D eigenvalue weighted by Gasteiger charge is 2.22. The van der Waals surface area contributed by atoms with E-state index in [9.17, 15) is 8.42 Å². The van der Waals surface area contributed by atoms with Gasteiger partial charge in [0.05, 0.1) is 11.7 Å². The molecule has 0 saturated heterocycles. The summed E-state index contributed by atoms with van der Waals surface area (Å²) in [6.07, 6.45) is 1.18. The molecule has 0 saturated carbocycles. The van der Waals surface area contributed by atoms with E-state index in [-0.39, 0.29) is 7.55 Å². The fourth-order valence-corrected chi connectivity index (χ4v) is 2.61. The van der Waals surface area contributed by atoms with Crippen LogP contribution in [0.15, 0.2) is 15.9 Å². The Morgan fingerprint density at radius 1 is 1.55 bits per heavy atom. The molecule has 0 aliphatic heterocycles. The van der Waals surface area contributed by atoms with Crippen LogP contribution < -0.4 is 0 Å². The second-order valence-electron chi connectivity index (χ2n) is 1.50. The van der Waals surface area contributed by atoms with Gasteiger partial charge >= 0.3 is 0 Å². The molecule has 4 nitrogen and oxygen atoms in total. The summed E-state index contributed by atoms with van der Waals surface area (Å²) in [5.41, 5.74) is 1.38. The minimum absolute atomic E-state index is 0.0162. The Kier molecular flexibility index (Phi) is 2.71. The molecule has 1 aromatic heterocycles. The lowest BCUT2D eigenvalue weighted by Crippen LogP contribution is -2.10. The quantitative estimate of drug-likeness (QED) is 0.726. The van der Waals surface area contributed by atoms with Gasteiger partial charge in [0, 0.05) is 23.6 Å². The standard InChI is InChI=1S/C3H2Cl2N2O2S2/c4-7(5)11(8,9)3-1-6-2-10-3/h1-2H. The molecule has 0 N–H and O–H groups in total. The Bertz CT molecular complexity index is 319. The average Bonchev–Trinajstić information content (AvgIpc) is 2.37. The fourth-order valence-electron chi connectivity index (χ4n) is 0.400. The summed E-state index contributed by atoms with van der Waals surface area (Å²) < 4.78 is 22.2. The van der Waals surface area contributed by atoms with E-state index in [1.807, 2.05) is 0 Å². The molecule has 1 heterocycles. The molecule has 0 radical (unpaired) electrons. The lowest BCUT2D eigenvalue weighted by Gasteiger charge is -2.00. The molecule has 0 unspecified atom stereocenters. The molecule has 1 rings (SSSR count). The number of hydrogen-bond donors (Lipinski definition) is 0. The molecule has 8 heteroatoms. The van der Waals surface area contributed by atoms with Crippen LogP contribution in [0.4, 0.5) is 0 Å². The number of hydrogen-bond acceptors (Lipinski definition) is 4. The Hall–Kier alpha value is 0.120. The van der Waals surface area contributed by atoms with Gasteiger partial charge in [-0.15, -0.1) is 11.3 Å². The predicted octanol–water partition coefficient (Wildman–Crippen LogP) is 1.44. The molecule has 0 bridgehead atoms.